The molecule has 120 valence electrons. The van der Waals surface area contributed by atoms with Crippen molar-refractivity contribution < 1.29 is 19.3 Å². The highest BCUT2D eigenvalue weighted by Crippen LogP contribution is 2.36. The van der Waals surface area contributed by atoms with Gasteiger partial charge in [-0.05, 0) is 17.7 Å². The first kappa shape index (κ1) is 18.0. The molecule has 2 N–H and O–H groups in total. The number of hydrogen-bond acceptors (Lipinski definition) is 5. The second kappa shape index (κ2) is 9.84. The van der Waals surface area contributed by atoms with E-state index in [0.29, 0.717) is 36.3 Å². The van der Waals surface area contributed by atoms with Crippen LogP contribution in [0.25, 0.3) is 0 Å². The monoisotopic (exact) mass is 317 g/mol. The van der Waals surface area contributed by atoms with Crippen LogP contribution in [-0.4, -0.2) is 45.7 Å². The Kier molecular flexibility index (Phi) is 8.45. The van der Waals surface area contributed by atoms with E-state index in [2.05, 4.69) is 5.32 Å². The van der Waals surface area contributed by atoms with Crippen molar-refractivity contribution in [3.05, 3.63) is 22.7 Å². The van der Waals surface area contributed by atoms with Crippen molar-refractivity contribution in [1.29, 1.82) is 0 Å². The average molecular weight is 318 g/mol. The van der Waals surface area contributed by atoms with Gasteiger partial charge in [-0.15, -0.1) is 0 Å². The Morgan fingerprint density at radius 1 is 1.33 bits per heavy atom. The summed E-state index contributed by atoms with van der Waals surface area (Å²) in [6.45, 7) is 4.45. The Morgan fingerprint density at radius 2 is 2.10 bits per heavy atom. The summed E-state index contributed by atoms with van der Waals surface area (Å²) in [5, 5.41) is 12.8. The van der Waals surface area contributed by atoms with Crippen LogP contribution in [0, 0.1) is 5.92 Å². The van der Waals surface area contributed by atoms with E-state index in [4.69, 9.17) is 30.9 Å². The van der Waals surface area contributed by atoms with Crippen LogP contribution in [0.3, 0.4) is 0 Å². The minimum Gasteiger partial charge on any atom is -0.493 e. The fourth-order valence-electron chi connectivity index (χ4n) is 1.70. The molecule has 1 atom stereocenters. The highest BCUT2D eigenvalue weighted by atomic mass is 35.5. The van der Waals surface area contributed by atoms with Crippen molar-refractivity contribution in [2.45, 2.75) is 13.5 Å². The quantitative estimate of drug-likeness (QED) is 0.647. The maximum absolute atomic E-state index is 9.03. The van der Waals surface area contributed by atoms with Crippen LogP contribution in [-0.2, 0) is 11.3 Å². The Morgan fingerprint density at radius 3 is 2.71 bits per heavy atom. The summed E-state index contributed by atoms with van der Waals surface area (Å²) in [6, 6.07) is 3.74. The number of nitrogens with one attached hydrogen (secondary N) is 1. The lowest BCUT2D eigenvalue weighted by Gasteiger charge is -2.16. The lowest BCUT2D eigenvalue weighted by atomic mass is 10.2. The molecule has 5 nitrogen and oxygen atoms in total. The molecule has 0 bridgehead atoms. The van der Waals surface area contributed by atoms with Crippen molar-refractivity contribution in [3.8, 4) is 11.5 Å². The number of rotatable bonds is 10. The molecule has 0 saturated carbocycles. The number of halogens is 1. The SMILES string of the molecule is COCCNCc1cc(Cl)c(OCC(C)CO)c(OC)c1. The average Bonchev–Trinajstić information content (AvgIpc) is 2.49. The van der Waals surface area contributed by atoms with Crippen molar-refractivity contribution >= 4 is 11.6 Å². The van der Waals surface area contributed by atoms with Gasteiger partial charge in [-0.3, -0.25) is 0 Å². The van der Waals surface area contributed by atoms with Crippen LogP contribution in [0.2, 0.25) is 5.02 Å². The second-order valence-corrected chi connectivity index (χ2v) is 5.28. The van der Waals surface area contributed by atoms with Crippen LogP contribution in [0.1, 0.15) is 12.5 Å². The summed E-state index contributed by atoms with van der Waals surface area (Å²) in [5.74, 6) is 1.15. The van der Waals surface area contributed by atoms with E-state index < -0.39 is 0 Å². The Balaban J connectivity index is 2.72. The third-order valence-corrected chi connectivity index (χ3v) is 3.21. The van der Waals surface area contributed by atoms with Crippen LogP contribution in [0.4, 0.5) is 0 Å². The minimum atomic E-state index is 0.0427. The molecule has 1 aromatic carbocycles. The molecule has 0 aliphatic carbocycles. The van der Waals surface area contributed by atoms with Gasteiger partial charge in [0.15, 0.2) is 11.5 Å². The van der Waals surface area contributed by atoms with Crippen LogP contribution < -0.4 is 14.8 Å². The van der Waals surface area contributed by atoms with Gasteiger partial charge in [0.25, 0.3) is 0 Å². The molecule has 1 rings (SSSR count). The lowest BCUT2D eigenvalue weighted by molar-refractivity contribution is 0.171. The number of aliphatic hydroxyl groups is 1. The van der Waals surface area contributed by atoms with Gasteiger partial charge in [-0.2, -0.15) is 0 Å². The number of aliphatic hydroxyl groups excluding tert-OH is 1. The molecular weight excluding hydrogens is 294 g/mol. The van der Waals surface area contributed by atoms with Crippen LogP contribution in [0.15, 0.2) is 12.1 Å². The summed E-state index contributed by atoms with van der Waals surface area (Å²) in [7, 11) is 3.25. The molecule has 0 amide bonds. The molecule has 0 aromatic heterocycles. The van der Waals surface area contributed by atoms with Gasteiger partial charge in [-0.25, -0.2) is 0 Å². The zero-order chi connectivity index (χ0) is 15.7. The fraction of sp³-hybridized carbons (Fsp3) is 0.600. The van der Waals surface area contributed by atoms with E-state index in [1.54, 1.807) is 14.2 Å². The summed E-state index contributed by atoms with van der Waals surface area (Å²) >= 11 is 6.26. The van der Waals surface area contributed by atoms with E-state index in [-0.39, 0.29) is 12.5 Å². The number of methoxy groups -OCH3 is 2. The lowest BCUT2D eigenvalue weighted by Crippen LogP contribution is -2.18. The number of benzene rings is 1. The van der Waals surface area contributed by atoms with Gasteiger partial charge in [0, 0.05) is 32.7 Å². The third kappa shape index (κ3) is 6.09. The normalized spacial score (nSPS) is 12.2. The minimum absolute atomic E-state index is 0.0427. The van der Waals surface area contributed by atoms with Crippen molar-refractivity contribution in [3.63, 3.8) is 0 Å². The molecular formula is C15H24ClNO4. The van der Waals surface area contributed by atoms with E-state index in [1.807, 2.05) is 19.1 Å². The molecule has 0 heterocycles. The van der Waals surface area contributed by atoms with E-state index in [0.717, 1.165) is 12.1 Å². The first-order chi connectivity index (χ1) is 10.1. The van der Waals surface area contributed by atoms with Crippen LogP contribution >= 0.6 is 11.6 Å². The van der Waals surface area contributed by atoms with Crippen molar-refractivity contribution in [2.75, 3.05) is 40.6 Å². The van der Waals surface area contributed by atoms with E-state index in [9.17, 15) is 0 Å². The fourth-order valence-corrected chi connectivity index (χ4v) is 1.99. The zero-order valence-corrected chi connectivity index (χ0v) is 13.6. The second-order valence-electron chi connectivity index (χ2n) is 4.88. The molecule has 0 radical (unpaired) electrons. The highest BCUT2D eigenvalue weighted by molar-refractivity contribution is 6.32. The van der Waals surface area contributed by atoms with Crippen molar-refractivity contribution in [1.82, 2.24) is 5.32 Å². The van der Waals surface area contributed by atoms with Gasteiger partial charge < -0.3 is 24.6 Å². The Labute approximate surface area is 131 Å². The summed E-state index contributed by atoms with van der Waals surface area (Å²) in [5.41, 5.74) is 1.01. The summed E-state index contributed by atoms with van der Waals surface area (Å²) in [6.07, 6.45) is 0. The largest absolute Gasteiger partial charge is 0.493 e. The predicted octanol–water partition coefficient (Wildman–Crippen LogP) is 2.09. The van der Waals surface area contributed by atoms with Gasteiger partial charge in [0.2, 0.25) is 0 Å². The molecule has 1 unspecified atom stereocenters. The molecule has 21 heavy (non-hydrogen) atoms. The zero-order valence-electron chi connectivity index (χ0n) is 12.8. The first-order valence-electron chi connectivity index (χ1n) is 6.92. The maximum atomic E-state index is 9.03. The molecule has 0 aliphatic heterocycles. The smallest absolute Gasteiger partial charge is 0.179 e. The molecule has 1 aromatic rings. The molecule has 0 fully saturated rings. The van der Waals surface area contributed by atoms with E-state index in [1.165, 1.54) is 0 Å². The first-order valence-corrected chi connectivity index (χ1v) is 7.29. The maximum Gasteiger partial charge on any atom is 0.179 e. The Hall–Kier alpha value is -1.01. The molecule has 0 spiro atoms. The third-order valence-electron chi connectivity index (χ3n) is 2.93. The van der Waals surface area contributed by atoms with Gasteiger partial charge in [-0.1, -0.05) is 18.5 Å². The van der Waals surface area contributed by atoms with Crippen molar-refractivity contribution in [2.24, 2.45) is 5.92 Å². The molecule has 0 aliphatic rings. The molecule has 6 heteroatoms. The Bertz CT molecular complexity index is 428. The van der Waals surface area contributed by atoms with Gasteiger partial charge in [0.05, 0.1) is 25.3 Å². The highest BCUT2D eigenvalue weighted by Gasteiger charge is 2.13. The van der Waals surface area contributed by atoms with E-state index >= 15 is 0 Å². The number of ether oxygens (including phenoxy) is 3. The predicted molar refractivity (Wildman–Crippen MR) is 83.3 cm³/mol. The summed E-state index contributed by atoms with van der Waals surface area (Å²) < 4.78 is 16.0. The number of hydrogen-bond donors (Lipinski definition) is 2. The summed E-state index contributed by atoms with van der Waals surface area (Å²) in [4.78, 5) is 0. The van der Waals surface area contributed by atoms with Gasteiger partial charge >= 0.3 is 0 Å². The van der Waals surface area contributed by atoms with Crippen LogP contribution in [0.5, 0.6) is 11.5 Å². The van der Waals surface area contributed by atoms with Gasteiger partial charge in [0.1, 0.15) is 0 Å². The molecule has 0 saturated heterocycles. The standard InChI is InChI=1S/C15H24ClNO4/c1-11(9-18)10-21-15-13(16)6-12(7-14(15)20-3)8-17-4-5-19-2/h6-7,11,17-18H,4-5,8-10H2,1-3H3. The topological polar surface area (TPSA) is 60.0 Å².